The first-order valence-electron chi connectivity index (χ1n) is 8.68. The summed E-state index contributed by atoms with van der Waals surface area (Å²) in [5, 5.41) is 2.83. The molecule has 0 aliphatic rings. The molecule has 1 amide bonds. The SMILES string of the molecule is COc1ccc(NC(=O)COC(=O)CCNS(=O)(=O)c2cccc(Cl)c2)c(OC)c1. The first-order chi connectivity index (χ1) is 14.2. The number of hydrogen-bond acceptors (Lipinski definition) is 7. The van der Waals surface area contributed by atoms with Crippen LogP contribution in [-0.2, 0) is 24.3 Å². The largest absolute Gasteiger partial charge is 0.497 e. The van der Waals surface area contributed by atoms with Gasteiger partial charge in [0, 0.05) is 17.6 Å². The number of benzene rings is 2. The molecule has 0 bridgehead atoms. The topological polar surface area (TPSA) is 120 Å². The molecule has 0 saturated heterocycles. The van der Waals surface area contributed by atoms with Gasteiger partial charge in [0.05, 0.1) is 31.2 Å². The van der Waals surface area contributed by atoms with E-state index in [-0.39, 0.29) is 22.9 Å². The van der Waals surface area contributed by atoms with Crippen molar-refractivity contribution in [2.75, 3.05) is 32.7 Å². The van der Waals surface area contributed by atoms with Crippen LogP contribution in [0.15, 0.2) is 47.4 Å². The van der Waals surface area contributed by atoms with Gasteiger partial charge < -0.3 is 19.5 Å². The maximum atomic E-state index is 12.1. The molecule has 2 N–H and O–H groups in total. The van der Waals surface area contributed by atoms with Crippen LogP contribution in [0.25, 0.3) is 0 Å². The first-order valence-corrected chi connectivity index (χ1v) is 10.5. The average Bonchev–Trinajstić information content (AvgIpc) is 2.72. The summed E-state index contributed by atoms with van der Waals surface area (Å²) in [6, 6.07) is 10.5. The van der Waals surface area contributed by atoms with E-state index in [9.17, 15) is 18.0 Å². The number of methoxy groups -OCH3 is 2. The summed E-state index contributed by atoms with van der Waals surface area (Å²) in [6.07, 6.45) is -0.251. The molecule has 0 spiro atoms. The number of anilines is 1. The Morgan fingerprint density at radius 2 is 1.83 bits per heavy atom. The lowest BCUT2D eigenvalue weighted by Gasteiger charge is -2.12. The van der Waals surface area contributed by atoms with Gasteiger partial charge in [-0.3, -0.25) is 9.59 Å². The van der Waals surface area contributed by atoms with Crippen LogP contribution in [0.5, 0.6) is 11.5 Å². The zero-order valence-electron chi connectivity index (χ0n) is 16.3. The molecule has 162 valence electrons. The van der Waals surface area contributed by atoms with E-state index in [0.29, 0.717) is 17.2 Å². The Balaban J connectivity index is 1.79. The molecule has 11 heteroatoms. The van der Waals surface area contributed by atoms with Gasteiger partial charge in [-0.2, -0.15) is 0 Å². The number of carbonyl (C=O) groups is 2. The molecule has 0 saturated carbocycles. The third-order valence-electron chi connectivity index (χ3n) is 3.77. The van der Waals surface area contributed by atoms with Gasteiger partial charge >= 0.3 is 5.97 Å². The number of nitrogens with one attached hydrogen (secondary N) is 2. The Kier molecular flexibility index (Phi) is 8.46. The van der Waals surface area contributed by atoms with Crippen molar-refractivity contribution in [1.29, 1.82) is 0 Å². The van der Waals surface area contributed by atoms with Crippen LogP contribution in [-0.4, -0.2) is 47.7 Å². The molecule has 0 unspecified atom stereocenters. The smallest absolute Gasteiger partial charge is 0.307 e. The minimum atomic E-state index is -3.81. The van der Waals surface area contributed by atoms with Crippen molar-refractivity contribution >= 4 is 39.2 Å². The number of esters is 1. The molecule has 30 heavy (non-hydrogen) atoms. The van der Waals surface area contributed by atoms with Crippen molar-refractivity contribution in [3.63, 3.8) is 0 Å². The van der Waals surface area contributed by atoms with Crippen molar-refractivity contribution in [3.05, 3.63) is 47.5 Å². The van der Waals surface area contributed by atoms with E-state index in [1.165, 1.54) is 32.4 Å². The predicted molar refractivity (Wildman–Crippen MR) is 110 cm³/mol. The molecule has 0 fully saturated rings. The van der Waals surface area contributed by atoms with E-state index in [1.54, 1.807) is 24.3 Å². The molecule has 0 atom stereocenters. The summed E-state index contributed by atoms with van der Waals surface area (Å²) in [5.41, 5.74) is 0.383. The fourth-order valence-corrected chi connectivity index (χ4v) is 3.64. The van der Waals surface area contributed by atoms with E-state index >= 15 is 0 Å². The highest BCUT2D eigenvalue weighted by atomic mass is 35.5. The van der Waals surface area contributed by atoms with E-state index in [4.69, 9.17) is 25.8 Å². The number of hydrogen-bond donors (Lipinski definition) is 2. The Hall–Kier alpha value is -2.82. The molecular formula is C19H21ClN2O7S. The molecule has 0 aromatic heterocycles. The van der Waals surface area contributed by atoms with Crippen molar-refractivity contribution in [3.8, 4) is 11.5 Å². The van der Waals surface area contributed by atoms with Gasteiger partial charge in [-0.1, -0.05) is 17.7 Å². The fraction of sp³-hybridized carbons (Fsp3) is 0.263. The molecular weight excluding hydrogens is 436 g/mol. The first kappa shape index (κ1) is 23.5. The highest BCUT2D eigenvalue weighted by Crippen LogP contribution is 2.28. The molecule has 0 radical (unpaired) electrons. The highest BCUT2D eigenvalue weighted by Gasteiger charge is 2.16. The summed E-state index contributed by atoms with van der Waals surface area (Å²) in [6.45, 7) is -0.726. The molecule has 0 aliphatic carbocycles. The van der Waals surface area contributed by atoms with Crippen LogP contribution in [0.4, 0.5) is 5.69 Å². The molecule has 2 aromatic rings. The van der Waals surface area contributed by atoms with Crippen LogP contribution in [0.2, 0.25) is 5.02 Å². The molecule has 9 nitrogen and oxygen atoms in total. The summed E-state index contributed by atoms with van der Waals surface area (Å²) in [5.74, 6) is -0.382. The highest BCUT2D eigenvalue weighted by molar-refractivity contribution is 7.89. The standard InChI is InChI=1S/C19H21ClN2O7S/c1-27-14-6-7-16(17(11-14)28-2)22-18(23)12-29-19(24)8-9-21-30(25,26)15-5-3-4-13(20)10-15/h3-7,10-11,21H,8-9,12H2,1-2H3,(H,22,23). The van der Waals surface area contributed by atoms with Gasteiger partial charge in [-0.15, -0.1) is 0 Å². The van der Waals surface area contributed by atoms with Gasteiger partial charge in [0.15, 0.2) is 6.61 Å². The summed E-state index contributed by atoms with van der Waals surface area (Å²) in [7, 11) is -0.869. The van der Waals surface area contributed by atoms with Crippen LogP contribution < -0.4 is 19.5 Å². The quantitative estimate of drug-likeness (QED) is 0.526. The van der Waals surface area contributed by atoms with Crippen LogP contribution in [0.1, 0.15) is 6.42 Å². The molecule has 0 aliphatic heterocycles. The van der Waals surface area contributed by atoms with E-state index in [0.717, 1.165) is 0 Å². The molecule has 0 heterocycles. The zero-order valence-corrected chi connectivity index (χ0v) is 17.9. The maximum Gasteiger partial charge on any atom is 0.307 e. The number of rotatable bonds is 10. The monoisotopic (exact) mass is 456 g/mol. The second-order valence-corrected chi connectivity index (χ2v) is 8.08. The summed E-state index contributed by atoms with van der Waals surface area (Å²) < 4.78 is 41.6. The van der Waals surface area contributed by atoms with Gasteiger partial charge in [0.2, 0.25) is 10.0 Å². The third-order valence-corrected chi connectivity index (χ3v) is 5.47. The van der Waals surface area contributed by atoms with Crippen molar-refractivity contribution < 1.29 is 32.2 Å². The van der Waals surface area contributed by atoms with Crippen LogP contribution in [0.3, 0.4) is 0 Å². The Bertz CT molecular complexity index is 1010. The predicted octanol–water partition coefficient (Wildman–Crippen LogP) is 2.21. The number of halogens is 1. The Morgan fingerprint density at radius 1 is 1.07 bits per heavy atom. The van der Waals surface area contributed by atoms with Crippen LogP contribution >= 0.6 is 11.6 Å². The van der Waals surface area contributed by atoms with Gasteiger partial charge in [-0.05, 0) is 30.3 Å². The lowest BCUT2D eigenvalue weighted by Crippen LogP contribution is -2.28. The van der Waals surface area contributed by atoms with Gasteiger partial charge in [0.25, 0.3) is 5.91 Å². The fourth-order valence-electron chi connectivity index (χ4n) is 2.31. The number of amides is 1. The van der Waals surface area contributed by atoms with Crippen molar-refractivity contribution in [2.24, 2.45) is 0 Å². The van der Waals surface area contributed by atoms with Crippen LogP contribution in [0, 0.1) is 0 Å². The summed E-state index contributed by atoms with van der Waals surface area (Å²) >= 11 is 5.78. The van der Waals surface area contributed by atoms with Crippen molar-refractivity contribution in [2.45, 2.75) is 11.3 Å². The minimum Gasteiger partial charge on any atom is -0.497 e. The third kappa shape index (κ3) is 6.90. The Labute approximate surface area is 179 Å². The van der Waals surface area contributed by atoms with Gasteiger partial charge in [-0.25, -0.2) is 13.1 Å². The molecule has 2 rings (SSSR count). The number of carbonyl (C=O) groups excluding carboxylic acids is 2. The lowest BCUT2D eigenvalue weighted by molar-refractivity contribution is -0.147. The average molecular weight is 457 g/mol. The second-order valence-electron chi connectivity index (χ2n) is 5.88. The number of sulfonamides is 1. The minimum absolute atomic E-state index is 0.0174. The zero-order chi connectivity index (χ0) is 22.1. The molecule has 2 aromatic carbocycles. The second kappa shape index (κ2) is 10.8. The van der Waals surface area contributed by atoms with E-state index < -0.39 is 28.5 Å². The van der Waals surface area contributed by atoms with Crippen molar-refractivity contribution in [1.82, 2.24) is 4.72 Å². The maximum absolute atomic E-state index is 12.1. The normalized spacial score (nSPS) is 10.9. The van der Waals surface area contributed by atoms with E-state index in [1.807, 2.05) is 0 Å². The lowest BCUT2D eigenvalue weighted by atomic mass is 10.2. The number of ether oxygens (including phenoxy) is 3. The van der Waals surface area contributed by atoms with E-state index in [2.05, 4.69) is 10.0 Å². The van der Waals surface area contributed by atoms with Gasteiger partial charge in [0.1, 0.15) is 11.5 Å². The summed E-state index contributed by atoms with van der Waals surface area (Å²) in [4.78, 5) is 23.8. The Morgan fingerprint density at radius 3 is 2.50 bits per heavy atom.